The van der Waals surface area contributed by atoms with Gasteiger partial charge < -0.3 is 19.5 Å². The highest BCUT2D eigenvalue weighted by atomic mass is 16.5. The number of nitrogens with one attached hydrogen (secondary N) is 1. The third-order valence-corrected chi connectivity index (χ3v) is 6.78. The second-order valence-corrected chi connectivity index (χ2v) is 8.58. The predicted octanol–water partition coefficient (Wildman–Crippen LogP) is 1.21. The third-order valence-electron chi connectivity index (χ3n) is 6.78. The molecule has 0 heterocycles. The van der Waals surface area contributed by atoms with Crippen molar-refractivity contribution in [1.82, 2.24) is 5.32 Å². The molecular formula is C20H29NO7. The zero-order valence-corrected chi connectivity index (χ0v) is 16.7. The van der Waals surface area contributed by atoms with Crippen molar-refractivity contribution >= 4 is 23.8 Å². The SMILES string of the molecule is COC(=O)C[C@H](C(=O)OC)[C@H](NC(=O)C12CC3CC(CC(C3)C1)C2)C(=O)OC. The summed E-state index contributed by atoms with van der Waals surface area (Å²) < 4.78 is 14.2. The smallest absolute Gasteiger partial charge is 0.329 e. The lowest BCUT2D eigenvalue weighted by atomic mass is 9.49. The molecule has 0 aromatic carbocycles. The van der Waals surface area contributed by atoms with E-state index in [1.807, 2.05) is 0 Å². The summed E-state index contributed by atoms with van der Waals surface area (Å²) in [4.78, 5) is 49.8. The largest absolute Gasteiger partial charge is 0.469 e. The molecule has 4 bridgehead atoms. The average molecular weight is 395 g/mol. The van der Waals surface area contributed by atoms with Gasteiger partial charge >= 0.3 is 17.9 Å². The minimum absolute atomic E-state index is 0.222. The van der Waals surface area contributed by atoms with Gasteiger partial charge in [0.2, 0.25) is 5.91 Å². The van der Waals surface area contributed by atoms with Gasteiger partial charge in [-0.25, -0.2) is 4.79 Å². The van der Waals surface area contributed by atoms with Gasteiger partial charge in [-0.3, -0.25) is 14.4 Å². The molecule has 4 saturated carbocycles. The Morgan fingerprint density at radius 3 is 1.79 bits per heavy atom. The molecule has 4 aliphatic carbocycles. The van der Waals surface area contributed by atoms with Crippen molar-refractivity contribution in [3.8, 4) is 0 Å². The van der Waals surface area contributed by atoms with Gasteiger partial charge in [0, 0.05) is 5.41 Å². The summed E-state index contributed by atoms with van der Waals surface area (Å²) in [7, 11) is 3.54. The van der Waals surface area contributed by atoms with Crippen LogP contribution in [0.3, 0.4) is 0 Å². The summed E-state index contributed by atoms with van der Waals surface area (Å²) in [6, 6.07) is -1.29. The van der Waals surface area contributed by atoms with E-state index < -0.39 is 35.3 Å². The Labute approximate surface area is 164 Å². The summed E-state index contributed by atoms with van der Waals surface area (Å²) in [5.74, 6) is -1.99. The molecule has 2 atom stereocenters. The van der Waals surface area contributed by atoms with Crippen LogP contribution in [-0.2, 0) is 33.4 Å². The number of amides is 1. The molecule has 0 radical (unpaired) electrons. The Kier molecular flexibility index (Phi) is 5.95. The van der Waals surface area contributed by atoms with E-state index in [0.717, 1.165) is 19.3 Å². The Balaban J connectivity index is 1.81. The van der Waals surface area contributed by atoms with E-state index in [-0.39, 0.29) is 12.3 Å². The number of ether oxygens (including phenoxy) is 3. The highest BCUT2D eigenvalue weighted by Crippen LogP contribution is 2.60. The number of carbonyl (C=O) groups excluding carboxylic acids is 4. The van der Waals surface area contributed by atoms with Gasteiger partial charge in [0.15, 0.2) is 0 Å². The van der Waals surface area contributed by atoms with Crippen molar-refractivity contribution < 1.29 is 33.4 Å². The lowest BCUT2D eigenvalue weighted by Gasteiger charge is -2.55. The number of rotatable bonds is 7. The topological polar surface area (TPSA) is 108 Å². The van der Waals surface area contributed by atoms with Crippen molar-refractivity contribution in [2.24, 2.45) is 29.1 Å². The van der Waals surface area contributed by atoms with E-state index in [0.29, 0.717) is 17.8 Å². The fourth-order valence-corrected chi connectivity index (χ4v) is 5.89. The maximum Gasteiger partial charge on any atom is 0.329 e. The molecule has 0 spiro atoms. The van der Waals surface area contributed by atoms with E-state index in [1.165, 1.54) is 40.6 Å². The van der Waals surface area contributed by atoms with Crippen LogP contribution in [0.25, 0.3) is 0 Å². The number of hydrogen-bond donors (Lipinski definition) is 1. The van der Waals surface area contributed by atoms with Gasteiger partial charge in [-0.1, -0.05) is 0 Å². The first-order valence-electron chi connectivity index (χ1n) is 9.85. The average Bonchev–Trinajstić information content (AvgIpc) is 2.67. The van der Waals surface area contributed by atoms with E-state index in [2.05, 4.69) is 10.1 Å². The lowest BCUT2D eigenvalue weighted by Crippen LogP contribution is -2.58. The van der Waals surface area contributed by atoms with Crippen molar-refractivity contribution in [2.75, 3.05) is 21.3 Å². The fraction of sp³-hybridized carbons (Fsp3) is 0.800. The highest BCUT2D eigenvalue weighted by molar-refractivity contribution is 5.93. The molecule has 8 heteroatoms. The van der Waals surface area contributed by atoms with Crippen LogP contribution in [0.5, 0.6) is 0 Å². The van der Waals surface area contributed by atoms with E-state index in [9.17, 15) is 19.2 Å². The Bertz CT molecular complexity index is 624. The summed E-state index contributed by atoms with van der Waals surface area (Å²) in [5, 5.41) is 2.75. The summed E-state index contributed by atoms with van der Waals surface area (Å²) in [6.45, 7) is 0. The van der Waals surface area contributed by atoms with E-state index in [4.69, 9.17) is 9.47 Å². The molecule has 0 saturated heterocycles. The van der Waals surface area contributed by atoms with Crippen LogP contribution in [0.15, 0.2) is 0 Å². The lowest BCUT2D eigenvalue weighted by molar-refractivity contribution is -0.162. The van der Waals surface area contributed by atoms with Crippen molar-refractivity contribution in [1.29, 1.82) is 0 Å². The summed E-state index contributed by atoms with van der Waals surface area (Å²) in [5.41, 5.74) is -0.493. The van der Waals surface area contributed by atoms with Gasteiger partial charge in [-0.15, -0.1) is 0 Å². The number of carbonyl (C=O) groups is 4. The van der Waals surface area contributed by atoms with Gasteiger partial charge in [0.1, 0.15) is 6.04 Å². The first-order valence-corrected chi connectivity index (χ1v) is 9.85. The summed E-state index contributed by atoms with van der Waals surface area (Å²) in [6.07, 6.45) is 5.61. The first-order chi connectivity index (χ1) is 13.3. The first kappa shape index (κ1) is 20.6. The van der Waals surface area contributed by atoms with Crippen molar-refractivity contribution in [3.05, 3.63) is 0 Å². The van der Waals surface area contributed by atoms with Crippen LogP contribution >= 0.6 is 0 Å². The third kappa shape index (κ3) is 3.86. The number of methoxy groups -OCH3 is 3. The molecule has 156 valence electrons. The molecule has 0 aromatic heterocycles. The monoisotopic (exact) mass is 395 g/mol. The van der Waals surface area contributed by atoms with Crippen LogP contribution in [0.2, 0.25) is 0 Å². The highest BCUT2D eigenvalue weighted by Gasteiger charge is 2.55. The number of esters is 3. The molecule has 0 aromatic rings. The normalized spacial score (nSPS) is 32.2. The van der Waals surface area contributed by atoms with Gasteiger partial charge in [-0.2, -0.15) is 0 Å². The predicted molar refractivity (Wildman–Crippen MR) is 96.7 cm³/mol. The Morgan fingerprint density at radius 2 is 1.36 bits per heavy atom. The molecule has 8 nitrogen and oxygen atoms in total. The van der Waals surface area contributed by atoms with Crippen LogP contribution in [0.1, 0.15) is 44.9 Å². The molecule has 4 fully saturated rings. The molecule has 4 rings (SSSR count). The van der Waals surface area contributed by atoms with Gasteiger partial charge in [0.05, 0.1) is 33.7 Å². The molecule has 4 aliphatic rings. The molecule has 28 heavy (non-hydrogen) atoms. The second-order valence-electron chi connectivity index (χ2n) is 8.58. The Hall–Kier alpha value is -2.12. The van der Waals surface area contributed by atoms with Gasteiger partial charge in [-0.05, 0) is 56.3 Å². The fourth-order valence-electron chi connectivity index (χ4n) is 5.89. The van der Waals surface area contributed by atoms with Crippen LogP contribution < -0.4 is 5.32 Å². The van der Waals surface area contributed by atoms with E-state index in [1.54, 1.807) is 0 Å². The quantitative estimate of drug-likeness (QED) is 0.510. The minimum Gasteiger partial charge on any atom is -0.469 e. The molecule has 0 unspecified atom stereocenters. The van der Waals surface area contributed by atoms with Crippen molar-refractivity contribution in [2.45, 2.75) is 51.0 Å². The van der Waals surface area contributed by atoms with Crippen LogP contribution in [-0.4, -0.2) is 51.2 Å². The maximum atomic E-state index is 13.3. The van der Waals surface area contributed by atoms with E-state index >= 15 is 0 Å². The molecule has 1 amide bonds. The standard InChI is InChI=1S/C20H29NO7/c1-26-15(22)7-14(17(23)27-2)16(18(24)28-3)21-19(25)20-8-11-4-12(9-20)6-13(5-11)10-20/h11-14,16H,4-10H2,1-3H3,(H,21,25)/t11?,12?,13?,14-,16-,20?/m0/s1. The minimum atomic E-state index is -1.29. The number of hydrogen-bond acceptors (Lipinski definition) is 7. The molecule has 0 aliphatic heterocycles. The zero-order chi connectivity index (χ0) is 20.5. The zero-order valence-electron chi connectivity index (χ0n) is 16.7. The summed E-state index contributed by atoms with van der Waals surface area (Å²) >= 11 is 0. The molecular weight excluding hydrogens is 366 g/mol. The van der Waals surface area contributed by atoms with Crippen LogP contribution in [0, 0.1) is 29.1 Å². The van der Waals surface area contributed by atoms with Crippen molar-refractivity contribution in [3.63, 3.8) is 0 Å². The Morgan fingerprint density at radius 1 is 0.857 bits per heavy atom. The van der Waals surface area contributed by atoms with Gasteiger partial charge in [0.25, 0.3) is 0 Å². The maximum absolute atomic E-state index is 13.3. The molecule has 1 N–H and O–H groups in total. The van der Waals surface area contributed by atoms with Crippen LogP contribution in [0.4, 0.5) is 0 Å². The second kappa shape index (κ2) is 8.09.